The molecule has 0 radical (unpaired) electrons. The SMILES string of the molecule is COC(=O)COc1cccc(C(=O)Cn2c(=O)c3c(nc(N4CCCC(N)C4)n3CC=C(C)C)n(C)c2=O)c1. The summed E-state index contributed by atoms with van der Waals surface area (Å²) in [6, 6.07) is 6.18. The van der Waals surface area contributed by atoms with Gasteiger partial charge in [-0.1, -0.05) is 23.8 Å². The number of piperidine rings is 1. The topological polar surface area (TPSA) is 144 Å². The lowest BCUT2D eigenvalue weighted by molar-refractivity contribution is -0.142. The van der Waals surface area contributed by atoms with Crippen molar-refractivity contribution in [1.82, 2.24) is 18.7 Å². The van der Waals surface area contributed by atoms with E-state index in [0.29, 0.717) is 19.0 Å². The van der Waals surface area contributed by atoms with E-state index in [1.165, 1.54) is 24.8 Å². The van der Waals surface area contributed by atoms with Crippen molar-refractivity contribution >= 4 is 28.9 Å². The summed E-state index contributed by atoms with van der Waals surface area (Å²) in [4.78, 5) is 58.4. The molecule has 2 aromatic heterocycles. The number of allylic oxidation sites excluding steroid dienone is 2. The molecule has 0 aliphatic carbocycles. The lowest BCUT2D eigenvalue weighted by Gasteiger charge is -2.31. The Labute approximate surface area is 225 Å². The maximum Gasteiger partial charge on any atom is 0.343 e. The van der Waals surface area contributed by atoms with E-state index in [-0.39, 0.29) is 35.1 Å². The first kappa shape index (κ1) is 27.8. The van der Waals surface area contributed by atoms with Crippen molar-refractivity contribution in [2.75, 3.05) is 31.7 Å². The number of hydrogen-bond acceptors (Lipinski definition) is 9. The predicted octanol–water partition coefficient (Wildman–Crippen LogP) is 1.23. The van der Waals surface area contributed by atoms with Crippen LogP contribution in [0.15, 0.2) is 45.5 Å². The van der Waals surface area contributed by atoms with Crippen LogP contribution in [0.3, 0.4) is 0 Å². The van der Waals surface area contributed by atoms with Gasteiger partial charge in [-0.3, -0.25) is 18.7 Å². The molecule has 1 aliphatic rings. The number of nitrogens with two attached hydrogens (primary N) is 1. The highest BCUT2D eigenvalue weighted by atomic mass is 16.6. The van der Waals surface area contributed by atoms with Crippen LogP contribution in [0, 0.1) is 0 Å². The van der Waals surface area contributed by atoms with Gasteiger partial charge in [0.25, 0.3) is 5.56 Å². The van der Waals surface area contributed by atoms with Crippen LogP contribution in [0.4, 0.5) is 5.95 Å². The molecule has 4 rings (SSSR count). The lowest BCUT2D eigenvalue weighted by Crippen LogP contribution is -2.44. The van der Waals surface area contributed by atoms with E-state index in [1.807, 2.05) is 24.8 Å². The first-order valence-electron chi connectivity index (χ1n) is 12.8. The van der Waals surface area contributed by atoms with Gasteiger partial charge in [-0.2, -0.15) is 4.98 Å². The molecule has 208 valence electrons. The van der Waals surface area contributed by atoms with Crippen LogP contribution in [-0.2, 0) is 29.7 Å². The monoisotopic (exact) mass is 538 g/mol. The van der Waals surface area contributed by atoms with E-state index in [4.69, 9.17) is 15.5 Å². The van der Waals surface area contributed by atoms with Crippen molar-refractivity contribution in [3.63, 3.8) is 0 Å². The molecule has 1 aliphatic heterocycles. The van der Waals surface area contributed by atoms with Gasteiger partial charge < -0.3 is 24.7 Å². The number of carbonyl (C=O) groups is 2. The van der Waals surface area contributed by atoms with Crippen LogP contribution in [0.2, 0.25) is 0 Å². The van der Waals surface area contributed by atoms with E-state index in [0.717, 1.165) is 29.5 Å². The zero-order chi connectivity index (χ0) is 28.3. The van der Waals surface area contributed by atoms with E-state index in [9.17, 15) is 19.2 Å². The summed E-state index contributed by atoms with van der Waals surface area (Å²) in [7, 11) is 2.78. The standard InChI is InChI=1S/C27H34N6O6/c1-17(2)10-12-32-23-24(29-26(32)31-11-6-8-19(28)14-31)30(3)27(37)33(25(23)36)15-21(34)18-7-5-9-20(13-18)39-16-22(35)38-4/h5,7,9-10,13,19H,6,8,11-12,14-16,28H2,1-4H3. The maximum atomic E-state index is 13.8. The number of methoxy groups -OCH3 is 1. The van der Waals surface area contributed by atoms with Gasteiger partial charge in [0.1, 0.15) is 5.75 Å². The smallest absolute Gasteiger partial charge is 0.343 e. The van der Waals surface area contributed by atoms with Gasteiger partial charge in [-0.25, -0.2) is 9.59 Å². The van der Waals surface area contributed by atoms with Crippen molar-refractivity contribution in [3.8, 4) is 5.75 Å². The third-order valence-electron chi connectivity index (χ3n) is 6.68. The van der Waals surface area contributed by atoms with Crippen LogP contribution in [0.25, 0.3) is 11.2 Å². The molecular weight excluding hydrogens is 504 g/mol. The van der Waals surface area contributed by atoms with Crippen LogP contribution in [0.5, 0.6) is 5.75 Å². The average molecular weight is 539 g/mol. The van der Waals surface area contributed by atoms with Crippen molar-refractivity contribution in [2.24, 2.45) is 12.8 Å². The molecule has 1 atom stereocenters. The number of aromatic nitrogens is 4. The molecule has 3 aromatic rings. The Balaban J connectivity index is 1.76. The second-order valence-corrected chi connectivity index (χ2v) is 9.87. The zero-order valence-electron chi connectivity index (χ0n) is 22.7. The minimum Gasteiger partial charge on any atom is -0.482 e. The Hall–Kier alpha value is -4.19. The molecule has 0 bridgehead atoms. The van der Waals surface area contributed by atoms with Gasteiger partial charge >= 0.3 is 11.7 Å². The molecule has 1 fully saturated rings. The van der Waals surface area contributed by atoms with Crippen molar-refractivity contribution in [2.45, 2.75) is 45.8 Å². The summed E-state index contributed by atoms with van der Waals surface area (Å²) < 4.78 is 13.9. The van der Waals surface area contributed by atoms with Crippen LogP contribution >= 0.6 is 0 Å². The largest absolute Gasteiger partial charge is 0.482 e. The molecular formula is C27H34N6O6. The Morgan fingerprint density at radius 3 is 2.67 bits per heavy atom. The Morgan fingerprint density at radius 1 is 1.21 bits per heavy atom. The highest BCUT2D eigenvalue weighted by Gasteiger charge is 2.26. The van der Waals surface area contributed by atoms with E-state index in [1.54, 1.807) is 22.8 Å². The van der Waals surface area contributed by atoms with Gasteiger partial charge in [0.15, 0.2) is 23.6 Å². The number of fused-ring (bicyclic) bond motifs is 1. The van der Waals surface area contributed by atoms with Crippen LogP contribution in [0.1, 0.15) is 37.0 Å². The van der Waals surface area contributed by atoms with Crippen LogP contribution < -0.4 is 26.6 Å². The number of ketones is 1. The fraction of sp³-hybridized carbons (Fsp3) is 0.444. The molecule has 1 aromatic carbocycles. The molecule has 2 N–H and O–H groups in total. The van der Waals surface area contributed by atoms with Crippen molar-refractivity contribution < 1.29 is 19.1 Å². The second kappa shape index (κ2) is 11.7. The lowest BCUT2D eigenvalue weighted by atomic mass is 10.1. The van der Waals surface area contributed by atoms with Crippen molar-refractivity contribution in [1.29, 1.82) is 0 Å². The molecule has 12 heteroatoms. The average Bonchev–Trinajstić information content (AvgIpc) is 3.31. The van der Waals surface area contributed by atoms with Crippen molar-refractivity contribution in [3.05, 3.63) is 62.3 Å². The molecule has 0 amide bonds. The Bertz CT molecular complexity index is 1540. The fourth-order valence-electron chi connectivity index (χ4n) is 4.57. The zero-order valence-corrected chi connectivity index (χ0v) is 22.7. The number of esters is 1. The molecule has 0 spiro atoms. The number of anilines is 1. The normalized spacial score (nSPS) is 15.3. The van der Waals surface area contributed by atoms with E-state index >= 15 is 0 Å². The number of ether oxygens (including phenoxy) is 2. The summed E-state index contributed by atoms with van der Waals surface area (Å²) >= 11 is 0. The number of carbonyl (C=O) groups excluding carboxylic acids is 2. The third-order valence-corrected chi connectivity index (χ3v) is 6.68. The van der Waals surface area contributed by atoms with Gasteiger partial charge in [0.05, 0.1) is 13.7 Å². The van der Waals surface area contributed by atoms with Crippen LogP contribution in [-0.4, -0.2) is 63.3 Å². The fourth-order valence-corrected chi connectivity index (χ4v) is 4.57. The Kier molecular flexibility index (Phi) is 8.34. The summed E-state index contributed by atoms with van der Waals surface area (Å²) in [5.41, 5.74) is 6.76. The molecule has 1 saturated heterocycles. The molecule has 0 saturated carbocycles. The van der Waals surface area contributed by atoms with E-state index < -0.39 is 29.5 Å². The first-order valence-corrected chi connectivity index (χ1v) is 12.8. The predicted molar refractivity (Wildman–Crippen MR) is 146 cm³/mol. The number of rotatable bonds is 9. The molecule has 12 nitrogen and oxygen atoms in total. The number of hydrogen-bond donors (Lipinski definition) is 1. The number of imidazole rings is 1. The summed E-state index contributed by atoms with van der Waals surface area (Å²) in [5.74, 6) is -0.171. The van der Waals surface area contributed by atoms with E-state index in [2.05, 4.69) is 4.74 Å². The minimum absolute atomic E-state index is 0.0130. The molecule has 1 unspecified atom stereocenters. The number of Topliss-reactive ketones (excluding diaryl/α,β-unsaturated/α-hetero) is 1. The van der Waals surface area contributed by atoms with Gasteiger partial charge in [0, 0.05) is 38.3 Å². The highest BCUT2D eigenvalue weighted by Crippen LogP contribution is 2.23. The summed E-state index contributed by atoms with van der Waals surface area (Å²) in [6.07, 6.45) is 3.79. The van der Waals surface area contributed by atoms with Gasteiger partial charge in [-0.15, -0.1) is 0 Å². The second-order valence-electron chi connectivity index (χ2n) is 9.87. The Morgan fingerprint density at radius 2 is 1.97 bits per heavy atom. The van der Waals surface area contributed by atoms with Gasteiger partial charge in [0.2, 0.25) is 5.95 Å². The summed E-state index contributed by atoms with van der Waals surface area (Å²) in [5, 5.41) is 0. The van der Waals surface area contributed by atoms with Gasteiger partial charge in [-0.05, 0) is 38.8 Å². The maximum absolute atomic E-state index is 13.8. The number of benzene rings is 1. The number of nitrogens with zero attached hydrogens (tertiary/aromatic N) is 5. The number of aryl methyl sites for hydroxylation is 1. The minimum atomic E-state index is -0.646. The summed E-state index contributed by atoms with van der Waals surface area (Å²) in [6.45, 7) is 4.84. The molecule has 3 heterocycles. The quantitative estimate of drug-likeness (QED) is 0.242. The first-order chi connectivity index (χ1) is 18.6. The molecule has 39 heavy (non-hydrogen) atoms. The third kappa shape index (κ3) is 5.95. The highest BCUT2D eigenvalue weighted by molar-refractivity contribution is 5.96.